The van der Waals surface area contributed by atoms with E-state index in [1.54, 1.807) is 7.11 Å². The fourth-order valence-corrected chi connectivity index (χ4v) is 1.62. The molecule has 1 unspecified atom stereocenters. The van der Waals surface area contributed by atoms with Crippen LogP contribution in [0.5, 0.6) is 0 Å². The molecule has 1 atom stereocenters. The van der Waals surface area contributed by atoms with Gasteiger partial charge in [-0.15, -0.1) is 11.6 Å². The zero-order valence-corrected chi connectivity index (χ0v) is 11.7. The molecule has 96 valence electrons. The SMILES string of the molecule is COCC(CCl)Nc1ccc(C(C)(C)C)cn1. The average Bonchev–Trinajstić information content (AvgIpc) is 2.28. The lowest BCUT2D eigenvalue weighted by Gasteiger charge is -2.20. The third-order valence-corrected chi connectivity index (χ3v) is 2.91. The van der Waals surface area contributed by atoms with Gasteiger partial charge in [0, 0.05) is 19.2 Å². The molecule has 4 heteroatoms. The second-order valence-electron chi connectivity index (χ2n) is 5.13. The molecular weight excluding hydrogens is 236 g/mol. The monoisotopic (exact) mass is 256 g/mol. The third-order valence-electron chi connectivity index (χ3n) is 2.54. The van der Waals surface area contributed by atoms with Crippen LogP contribution in [0, 0.1) is 0 Å². The van der Waals surface area contributed by atoms with Gasteiger partial charge in [-0.3, -0.25) is 0 Å². The van der Waals surface area contributed by atoms with Crippen LogP contribution in [0.3, 0.4) is 0 Å². The highest BCUT2D eigenvalue weighted by Crippen LogP contribution is 2.22. The molecule has 0 aliphatic heterocycles. The van der Waals surface area contributed by atoms with Gasteiger partial charge in [0.05, 0.1) is 12.6 Å². The smallest absolute Gasteiger partial charge is 0.126 e. The average molecular weight is 257 g/mol. The summed E-state index contributed by atoms with van der Waals surface area (Å²) in [4.78, 5) is 4.39. The van der Waals surface area contributed by atoms with Gasteiger partial charge in [0.1, 0.15) is 5.82 Å². The summed E-state index contributed by atoms with van der Waals surface area (Å²) in [5.41, 5.74) is 1.35. The summed E-state index contributed by atoms with van der Waals surface area (Å²) in [6.45, 7) is 7.09. The Labute approximate surface area is 109 Å². The molecule has 0 spiro atoms. The lowest BCUT2D eigenvalue weighted by molar-refractivity contribution is 0.191. The number of ether oxygens (including phenoxy) is 1. The largest absolute Gasteiger partial charge is 0.383 e. The van der Waals surface area contributed by atoms with Gasteiger partial charge in [-0.25, -0.2) is 4.98 Å². The normalized spacial score (nSPS) is 13.5. The number of alkyl halides is 1. The molecule has 0 fully saturated rings. The van der Waals surface area contributed by atoms with Crippen molar-refractivity contribution in [2.75, 3.05) is 24.9 Å². The number of methoxy groups -OCH3 is 1. The van der Waals surface area contributed by atoms with Crippen molar-refractivity contribution in [3.05, 3.63) is 23.9 Å². The number of pyridine rings is 1. The number of anilines is 1. The minimum atomic E-state index is 0.0923. The first-order valence-corrected chi connectivity index (χ1v) is 6.29. The van der Waals surface area contributed by atoms with E-state index in [9.17, 15) is 0 Å². The van der Waals surface area contributed by atoms with Crippen molar-refractivity contribution < 1.29 is 4.74 Å². The molecule has 3 nitrogen and oxygen atoms in total. The van der Waals surface area contributed by atoms with Gasteiger partial charge in [0.25, 0.3) is 0 Å². The second-order valence-corrected chi connectivity index (χ2v) is 5.44. The van der Waals surface area contributed by atoms with E-state index < -0.39 is 0 Å². The molecule has 1 aromatic rings. The Kier molecular flexibility index (Phi) is 5.22. The summed E-state index contributed by atoms with van der Waals surface area (Å²) >= 11 is 5.83. The Bertz CT molecular complexity index is 332. The molecule has 0 aliphatic rings. The highest BCUT2D eigenvalue weighted by Gasteiger charge is 2.14. The maximum atomic E-state index is 5.83. The van der Waals surface area contributed by atoms with Crippen molar-refractivity contribution in [2.24, 2.45) is 0 Å². The number of rotatable bonds is 5. The highest BCUT2D eigenvalue weighted by atomic mass is 35.5. The van der Waals surface area contributed by atoms with Gasteiger partial charge < -0.3 is 10.1 Å². The number of nitrogens with zero attached hydrogens (tertiary/aromatic N) is 1. The van der Waals surface area contributed by atoms with Crippen molar-refractivity contribution >= 4 is 17.4 Å². The van der Waals surface area contributed by atoms with Crippen molar-refractivity contribution in [3.63, 3.8) is 0 Å². The molecule has 1 heterocycles. The first-order chi connectivity index (χ1) is 7.97. The first kappa shape index (κ1) is 14.3. The van der Waals surface area contributed by atoms with Gasteiger partial charge in [-0.1, -0.05) is 26.8 Å². The molecule has 0 aromatic carbocycles. The molecule has 0 amide bonds. The fraction of sp³-hybridized carbons (Fsp3) is 0.615. The van der Waals surface area contributed by atoms with Crippen LogP contribution in [-0.4, -0.2) is 30.6 Å². The molecule has 0 saturated carbocycles. The van der Waals surface area contributed by atoms with Crippen LogP contribution in [-0.2, 0) is 10.2 Å². The lowest BCUT2D eigenvalue weighted by Crippen LogP contribution is -2.27. The molecule has 1 rings (SSSR count). The van der Waals surface area contributed by atoms with Crippen LogP contribution in [0.2, 0.25) is 0 Å². The van der Waals surface area contributed by atoms with Gasteiger partial charge in [0.2, 0.25) is 0 Å². The second kappa shape index (κ2) is 6.22. The molecule has 0 radical (unpaired) electrons. The minimum absolute atomic E-state index is 0.0923. The van der Waals surface area contributed by atoms with Crippen molar-refractivity contribution in [2.45, 2.75) is 32.2 Å². The van der Waals surface area contributed by atoms with Gasteiger partial charge in [-0.2, -0.15) is 0 Å². The van der Waals surface area contributed by atoms with Crippen molar-refractivity contribution in [3.8, 4) is 0 Å². The molecule has 1 aromatic heterocycles. The van der Waals surface area contributed by atoms with E-state index in [2.05, 4.69) is 37.1 Å². The standard InChI is InChI=1S/C13H21ClN2O/c1-13(2,3)10-5-6-12(15-8-10)16-11(7-14)9-17-4/h5-6,8,11H,7,9H2,1-4H3,(H,15,16). The predicted octanol–water partition coefficient (Wildman–Crippen LogP) is 3.04. The van der Waals surface area contributed by atoms with Gasteiger partial charge in [0.15, 0.2) is 0 Å². The Morgan fingerprint density at radius 1 is 1.41 bits per heavy atom. The van der Waals surface area contributed by atoms with Crippen LogP contribution in [0.4, 0.5) is 5.82 Å². The summed E-state index contributed by atoms with van der Waals surface area (Å²) in [6, 6.07) is 4.16. The van der Waals surface area contributed by atoms with Crippen LogP contribution < -0.4 is 5.32 Å². The molecule has 1 N–H and O–H groups in total. The quantitative estimate of drug-likeness (QED) is 0.823. The highest BCUT2D eigenvalue weighted by molar-refractivity contribution is 6.18. The van der Waals surface area contributed by atoms with E-state index >= 15 is 0 Å². The van der Waals surface area contributed by atoms with E-state index in [1.807, 2.05) is 12.3 Å². The van der Waals surface area contributed by atoms with Gasteiger partial charge >= 0.3 is 0 Å². The van der Waals surface area contributed by atoms with Crippen LogP contribution in [0.25, 0.3) is 0 Å². The summed E-state index contributed by atoms with van der Waals surface area (Å²) in [5, 5.41) is 3.24. The molecule has 0 aliphatic carbocycles. The summed E-state index contributed by atoms with van der Waals surface area (Å²) in [5.74, 6) is 1.33. The third kappa shape index (κ3) is 4.52. The Balaban J connectivity index is 2.68. The van der Waals surface area contributed by atoms with Crippen LogP contribution >= 0.6 is 11.6 Å². The lowest BCUT2D eigenvalue weighted by atomic mass is 9.88. The Morgan fingerprint density at radius 3 is 2.53 bits per heavy atom. The van der Waals surface area contributed by atoms with Crippen molar-refractivity contribution in [1.82, 2.24) is 4.98 Å². The maximum Gasteiger partial charge on any atom is 0.126 e. The van der Waals surface area contributed by atoms with Crippen LogP contribution in [0.15, 0.2) is 18.3 Å². The number of aromatic nitrogens is 1. The number of hydrogen-bond donors (Lipinski definition) is 1. The molecule has 0 saturated heterocycles. The topological polar surface area (TPSA) is 34.1 Å². The first-order valence-electron chi connectivity index (χ1n) is 5.75. The van der Waals surface area contributed by atoms with E-state index in [0.717, 1.165) is 5.82 Å². The fourth-order valence-electron chi connectivity index (χ4n) is 1.46. The summed E-state index contributed by atoms with van der Waals surface area (Å²) < 4.78 is 5.07. The zero-order valence-electron chi connectivity index (χ0n) is 11.0. The molecular formula is C13H21ClN2O. The van der Waals surface area contributed by atoms with E-state index in [4.69, 9.17) is 16.3 Å². The Morgan fingerprint density at radius 2 is 2.12 bits per heavy atom. The Hall–Kier alpha value is -0.800. The molecule has 17 heavy (non-hydrogen) atoms. The van der Waals surface area contributed by atoms with E-state index in [0.29, 0.717) is 12.5 Å². The summed E-state index contributed by atoms with van der Waals surface area (Å²) in [6.07, 6.45) is 1.90. The number of halogens is 1. The number of nitrogens with one attached hydrogen (secondary N) is 1. The predicted molar refractivity (Wildman–Crippen MR) is 72.9 cm³/mol. The van der Waals surface area contributed by atoms with Crippen LogP contribution in [0.1, 0.15) is 26.3 Å². The minimum Gasteiger partial charge on any atom is -0.383 e. The molecule has 0 bridgehead atoms. The van der Waals surface area contributed by atoms with E-state index in [1.165, 1.54) is 5.56 Å². The van der Waals surface area contributed by atoms with Gasteiger partial charge in [-0.05, 0) is 17.0 Å². The zero-order chi connectivity index (χ0) is 12.9. The van der Waals surface area contributed by atoms with E-state index in [-0.39, 0.29) is 11.5 Å². The summed E-state index contributed by atoms with van der Waals surface area (Å²) in [7, 11) is 1.66. The number of hydrogen-bond acceptors (Lipinski definition) is 3. The maximum absolute atomic E-state index is 5.83. The van der Waals surface area contributed by atoms with Crippen molar-refractivity contribution in [1.29, 1.82) is 0 Å².